The van der Waals surface area contributed by atoms with Gasteiger partial charge in [-0.1, -0.05) is 41.9 Å². The Bertz CT molecular complexity index is 678. The van der Waals surface area contributed by atoms with E-state index in [9.17, 15) is 9.90 Å². The van der Waals surface area contributed by atoms with Crippen LogP contribution < -0.4 is 4.74 Å². The molecule has 2 aromatic rings. The first-order valence-electron chi connectivity index (χ1n) is 6.70. The van der Waals surface area contributed by atoms with E-state index < -0.39 is 5.97 Å². The number of aryl methyl sites for hydroxylation is 1. The maximum atomic E-state index is 11.3. The largest absolute Gasteiger partial charge is 0.478 e. The van der Waals surface area contributed by atoms with Crippen molar-refractivity contribution in [3.8, 4) is 11.5 Å². The van der Waals surface area contributed by atoms with Gasteiger partial charge in [0.15, 0.2) is 0 Å². The maximum Gasteiger partial charge on any atom is 0.339 e. The average molecular weight is 349 g/mol. The first kappa shape index (κ1) is 15.6. The summed E-state index contributed by atoms with van der Waals surface area (Å²) >= 11 is 3.45. The number of benzene rings is 2. The van der Waals surface area contributed by atoms with Crippen LogP contribution in [0.15, 0.2) is 40.9 Å². The molecule has 0 radical (unpaired) electrons. The third-order valence-corrected chi connectivity index (χ3v) is 3.74. The molecule has 0 heterocycles. The fourth-order valence-corrected chi connectivity index (χ4v) is 2.51. The van der Waals surface area contributed by atoms with E-state index in [0.29, 0.717) is 11.5 Å². The highest BCUT2D eigenvalue weighted by atomic mass is 79.9. The molecule has 0 aliphatic rings. The molecule has 110 valence electrons. The zero-order valence-corrected chi connectivity index (χ0v) is 13.8. The van der Waals surface area contributed by atoms with E-state index in [1.807, 2.05) is 31.2 Å². The number of para-hydroxylation sites is 1. The number of aromatic carboxylic acids is 1. The predicted octanol–water partition coefficient (Wildman–Crippen LogP) is 5.37. The lowest BCUT2D eigenvalue weighted by Gasteiger charge is -2.17. The minimum atomic E-state index is -0.989. The Morgan fingerprint density at radius 1 is 1.24 bits per heavy atom. The van der Waals surface area contributed by atoms with Crippen molar-refractivity contribution in [1.82, 2.24) is 0 Å². The van der Waals surface area contributed by atoms with E-state index in [1.54, 1.807) is 12.1 Å². The summed E-state index contributed by atoms with van der Waals surface area (Å²) in [6.07, 6.45) is 0. The first-order chi connectivity index (χ1) is 9.90. The monoisotopic (exact) mass is 348 g/mol. The van der Waals surface area contributed by atoms with Crippen molar-refractivity contribution in [3.05, 3.63) is 57.6 Å². The molecule has 0 aliphatic heterocycles. The van der Waals surface area contributed by atoms with Gasteiger partial charge in [0.25, 0.3) is 0 Å². The average Bonchev–Trinajstić information content (AvgIpc) is 2.42. The second kappa shape index (κ2) is 6.31. The lowest BCUT2D eigenvalue weighted by Crippen LogP contribution is -2.03. The Kier molecular flexibility index (Phi) is 4.68. The number of hydrogen-bond acceptors (Lipinski definition) is 2. The van der Waals surface area contributed by atoms with Crippen LogP contribution in [-0.4, -0.2) is 11.1 Å². The number of halogens is 1. The Morgan fingerprint density at radius 2 is 1.95 bits per heavy atom. The van der Waals surface area contributed by atoms with Gasteiger partial charge in [-0.05, 0) is 48.2 Å². The smallest absolute Gasteiger partial charge is 0.339 e. The van der Waals surface area contributed by atoms with E-state index in [2.05, 4.69) is 29.8 Å². The molecule has 0 saturated carbocycles. The summed E-state index contributed by atoms with van der Waals surface area (Å²) in [6, 6.07) is 10.9. The molecule has 2 rings (SSSR count). The highest BCUT2D eigenvalue weighted by molar-refractivity contribution is 9.10. The molecule has 0 atom stereocenters. The molecule has 0 fully saturated rings. The van der Waals surface area contributed by atoms with Crippen molar-refractivity contribution in [2.75, 3.05) is 0 Å². The standard InChI is InChI=1S/C17H17BrO3/c1-10(2)14-9-12(18)7-8-15(14)21-16-11(3)5-4-6-13(16)17(19)20/h4-10H,1-3H3,(H,19,20). The van der Waals surface area contributed by atoms with Crippen molar-refractivity contribution < 1.29 is 14.6 Å². The number of carboxylic acid groups (broad SMARTS) is 1. The van der Waals surface area contributed by atoms with Crippen LogP contribution in [-0.2, 0) is 0 Å². The van der Waals surface area contributed by atoms with Crippen molar-refractivity contribution in [3.63, 3.8) is 0 Å². The predicted molar refractivity (Wildman–Crippen MR) is 86.4 cm³/mol. The number of rotatable bonds is 4. The zero-order chi connectivity index (χ0) is 15.6. The molecule has 2 aromatic carbocycles. The lowest BCUT2D eigenvalue weighted by molar-refractivity contribution is 0.0694. The molecule has 0 aromatic heterocycles. The van der Waals surface area contributed by atoms with Gasteiger partial charge in [0.1, 0.15) is 17.1 Å². The highest BCUT2D eigenvalue weighted by Gasteiger charge is 2.16. The van der Waals surface area contributed by atoms with E-state index in [4.69, 9.17) is 4.74 Å². The SMILES string of the molecule is Cc1cccc(C(=O)O)c1Oc1ccc(Br)cc1C(C)C. The van der Waals surface area contributed by atoms with Gasteiger partial charge in [0.05, 0.1) is 0 Å². The molecule has 1 N–H and O–H groups in total. The molecule has 0 unspecified atom stereocenters. The summed E-state index contributed by atoms with van der Waals surface area (Å²) in [5.41, 5.74) is 2.00. The van der Waals surface area contributed by atoms with Gasteiger partial charge in [-0.15, -0.1) is 0 Å². The van der Waals surface area contributed by atoms with Gasteiger partial charge in [-0.3, -0.25) is 0 Å². The quantitative estimate of drug-likeness (QED) is 0.807. The minimum Gasteiger partial charge on any atom is -0.478 e. The third kappa shape index (κ3) is 3.45. The Labute approximate surface area is 132 Å². The van der Waals surface area contributed by atoms with Gasteiger partial charge >= 0.3 is 5.97 Å². The lowest BCUT2D eigenvalue weighted by atomic mass is 10.0. The van der Waals surface area contributed by atoms with Crippen LogP contribution in [0.2, 0.25) is 0 Å². The van der Waals surface area contributed by atoms with Gasteiger partial charge in [0.2, 0.25) is 0 Å². The summed E-state index contributed by atoms with van der Waals surface area (Å²) in [6.45, 7) is 5.99. The van der Waals surface area contributed by atoms with Crippen LogP contribution in [0.1, 0.15) is 41.3 Å². The topological polar surface area (TPSA) is 46.5 Å². The third-order valence-electron chi connectivity index (χ3n) is 3.25. The van der Waals surface area contributed by atoms with Gasteiger partial charge < -0.3 is 9.84 Å². The number of hydrogen-bond donors (Lipinski definition) is 1. The van der Waals surface area contributed by atoms with Crippen molar-refractivity contribution in [2.45, 2.75) is 26.7 Å². The molecule has 0 saturated heterocycles. The summed E-state index contributed by atoms with van der Waals surface area (Å²) in [7, 11) is 0. The fraction of sp³-hybridized carbons (Fsp3) is 0.235. The molecular weight excluding hydrogens is 332 g/mol. The number of ether oxygens (including phenoxy) is 1. The van der Waals surface area contributed by atoms with Crippen molar-refractivity contribution >= 4 is 21.9 Å². The minimum absolute atomic E-state index is 0.174. The van der Waals surface area contributed by atoms with Crippen LogP contribution >= 0.6 is 15.9 Å². The second-order valence-electron chi connectivity index (χ2n) is 5.20. The van der Waals surface area contributed by atoms with Gasteiger partial charge in [0, 0.05) is 4.47 Å². The summed E-state index contributed by atoms with van der Waals surface area (Å²) in [5, 5.41) is 9.30. The van der Waals surface area contributed by atoms with Crippen LogP contribution in [0.4, 0.5) is 0 Å². The summed E-state index contributed by atoms with van der Waals surface area (Å²) in [4.78, 5) is 11.3. The zero-order valence-electron chi connectivity index (χ0n) is 12.2. The van der Waals surface area contributed by atoms with Gasteiger partial charge in [-0.25, -0.2) is 4.79 Å². The van der Waals surface area contributed by atoms with Crippen LogP contribution in [0.25, 0.3) is 0 Å². The molecule has 0 bridgehead atoms. The highest BCUT2D eigenvalue weighted by Crippen LogP contribution is 2.35. The molecule has 0 spiro atoms. The molecule has 4 heteroatoms. The first-order valence-corrected chi connectivity index (χ1v) is 7.49. The summed E-state index contributed by atoms with van der Waals surface area (Å²) in [5.74, 6) is 0.367. The Morgan fingerprint density at radius 3 is 2.57 bits per heavy atom. The molecule has 21 heavy (non-hydrogen) atoms. The molecule has 3 nitrogen and oxygen atoms in total. The Balaban J connectivity index is 2.51. The molecule has 0 amide bonds. The van der Waals surface area contributed by atoms with Crippen LogP contribution in [0.3, 0.4) is 0 Å². The van der Waals surface area contributed by atoms with Crippen molar-refractivity contribution in [1.29, 1.82) is 0 Å². The van der Waals surface area contributed by atoms with E-state index in [0.717, 1.165) is 15.6 Å². The van der Waals surface area contributed by atoms with Crippen LogP contribution in [0, 0.1) is 6.92 Å². The number of carbonyl (C=O) groups is 1. The second-order valence-corrected chi connectivity index (χ2v) is 6.11. The van der Waals surface area contributed by atoms with Crippen LogP contribution in [0.5, 0.6) is 11.5 Å². The maximum absolute atomic E-state index is 11.3. The number of carboxylic acids is 1. The van der Waals surface area contributed by atoms with E-state index in [1.165, 1.54) is 0 Å². The fourth-order valence-electron chi connectivity index (χ4n) is 2.13. The van der Waals surface area contributed by atoms with Gasteiger partial charge in [-0.2, -0.15) is 0 Å². The molecular formula is C17H17BrO3. The van der Waals surface area contributed by atoms with E-state index >= 15 is 0 Å². The van der Waals surface area contributed by atoms with E-state index in [-0.39, 0.29) is 11.5 Å². The van der Waals surface area contributed by atoms with Crippen molar-refractivity contribution in [2.24, 2.45) is 0 Å². The molecule has 0 aliphatic carbocycles. The Hall–Kier alpha value is -1.81. The normalized spacial score (nSPS) is 10.7. The summed E-state index contributed by atoms with van der Waals surface area (Å²) < 4.78 is 6.92.